The molecule has 156 valence electrons. The van der Waals surface area contributed by atoms with Crippen LogP contribution in [0.4, 0.5) is 0 Å². The van der Waals surface area contributed by atoms with Gasteiger partial charge >= 0.3 is 0 Å². The van der Waals surface area contributed by atoms with E-state index in [1.165, 1.54) is 44.7 Å². The number of ether oxygens (including phenoxy) is 1. The van der Waals surface area contributed by atoms with Crippen molar-refractivity contribution in [1.82, 2.24) is 5.43 Å². The number of carbonyl (C=O) groups is 1. The monoisotopic (exact) mass is 434 g/mol. The molecular formula is C23H28Cl2N2O2. The lowest BCUT2D eigenvalue weighted by atomic mass is 10.1. The molecule has 1 N–H and O–H groups in total. The molecular weight excluding hydrogens is 407 g/mol. The maximum Gasteiger partial charge on any atom is 0.272 e. The van der Waals surface area contributed by atoms with Gasteiger partial charge in [0.15, 0.2) is 0 Å². The van der Waals surface area contributed by atoms with Crippen LogP contribution in [0.1, 0.15) is 67.8 Å². The standard InChI is InChI=1S/C23H28Cl2N2O2/c1-2-3-4-5-6-7-10-15-29-22-14-13-18(16-21(22)25)17-26-27-23(28)19-11-8-9-12-20(19)24/h8-9,11-14,16-17H,2-7,10,15H2,1H3,(H,27,28)/b26-17-. The molecule has 29 heavy (non-hydrogen) atoms. The Hall–Kier alpha value is -2.04. The molecule has 0 unspecified atom stereocenters. The average molecular weight is 435 g/mol. The van der Waals surface area contributed by atoms with E-state index in [0.717, 1.165) is 12.0 Å². The number of hydrazone groups is 1. The molecule has 0 bridgehead atoms. The van der Waals surface area contributed by atoms with Gasteiger partial charge in [0, 0.05) is 0 Å². The minimum atomic E-state index is -0.368. The van der Waals surface area contributed by atoms with E-state index in [1.54, 1.807) is 30.3 Å². The first-order chi connectivity index (χ1) is 14.1. The van der Waals surface area contributed by atoms with Crippen LogP contribution in [0, 0.1) is 0 Å². The van der Waals surface area contributed by atoms with E-state index in [9.17, 15) is 4.79 Å². The van der Waals surface area contributed by atoms with E-state index in [0.29, 0.717) is 28.0 Å². The Balaban J connectivity index is 1.75. The summed E-state index contributed by atoms with van der Waals surface area (Å²) in [6.45, 7) is 2.89. The van der Waals surface area contributed by atoms with E-state index in [1.807, 2.05) is 12.1 Å². The molecule has 0 spiro atoms. The Bertz CT molecular complexity index is 809. The zero-order valence-electron chi connectivity index (χ0n) is 16.8. The van der Waals surface area contributed by atoms with Gasteiger partial charge in [0.25, 0.3) is 5.91 Å². The maximum atomic E-state index is 12.1. The lowest BCUT2D eigenvalue weighted by Crippen LogP contribution is -2.17. The molecule has 0 aliphatic rings. The third kappa shape index (κ3) is 8.46. The topological polar surface area (TPSA) is 50.7 Å². The second-order valence-corrected chi connectivity index (χ2v) is 7.65. The molecule has 1 amide bonds. The van der Waals surface area contributed by atoms with Crippen molar-refractivity contribution in [1.29, 1.82) is 0 Å². The maximum absolute atomic E-state index is 12.1. The predicted molar refractivity (Wildman–Crippen MR) is 121 cm³/mol. The lowest BCUT2D eigenvalue weighted by molar-refractivity contribution is 0.0955. The summed E-state index contributed by atoms with van der Waals surface area (Å²) in [5.41, 5.74) is 3.60. The highest BCUT2D eigenvalue weighted by Crippen LogP contribution is 2.25. The number of unbranched alkanes of at least 4 members (excludes halogenated alkanes) is 6. The highest BCUT2D eigenvalue weighted by atomic mass is 35.5. The average Bonchev–Trinajstić information content (AvgIpc) is 2.71. The fraction of sp³-hybridized carbons (Fsp3) is 0.391. The largest absolute Gasteiger partial charge is 0.492 e. The van der Waals surface area contributed by atoms with Crippen LogP contribution >= 0.6 is 23.2 Å². The van der Waals surface area contributed by atoms with Crippen molar-refractivity contribution in [2.24, 2.45) is 5.10 Å². The Labute approximate surface area is 183 Å². The zero-order valence-corrected chi connectivity index (χ0v) is 18.3. The van der Waals surface area contributed by atoms with Gasteiger partial charge in [-0.2, -0.15) is 5.10 Å². The molecule has 4 nitrogen and oxygen atoms in total. The van der Waals surface area contributed by atoms with Crippen LogP contribution in [0.25, 0.3) is 0 Å². The lowest BCUT2D eigenvalue weighted by Gasteiger charge is -2.08. The van der Waals surface area contributed by atoms with Crippen LogP contribution in [0.15, 0.2) is 47.6 Å². The second kappa shape index (κ2) is 13.2. The Kier molecular flexibility index (Phi) is 10.6. The van der Waals surface area contributed by atoms with Gasteiger partial charge in [-0.3, -0.25) is 4.79 Å². The van der Waals surface area contributed by atoms with Crippen molar-refractivity contribution in [3.8, 4) is 5.75 Å². The summed E-state index contributed by atoms with van der Waals surface area (Å²) in [6.07, 6.45) is 10.2. The van der Waals surface area contributed by atoms with Crippen LogP contribution in [0.5, 0.6) is 5.75 Å². The number of hydrogen-bond acceptors (Lipinski definition) is 3. The number of benzene rings is 2. The van der Waals surface area contributed by atoms with Gasteiger partial charge in [-0.05, 0) is 42.3 Å². The third-order valence-corrected chi connectivity index (χ3v) is 5.08. The molecule has 0 fully saturated rings. The molecule has 6 heteroatoms. The van der Waals surface area contributed by atoms with Crippen LogP contribution in [0.3, 0.4) is 0 Å². The Morgan fingerprint density at radius 2 is 1.72 bits per heavy atom. The van der Waals surface area contributed by atoms with E-state index in [2.05, 4.69) is 17.5 Å². The van der Waals surface area contributed by atoms with Crippen LogP contribution in [0.2, 0.25) is 10.0 Å². The van der Waals surface area contributed by atoms with Crippen molar-refractivity contribution < 1.29 is 9.53 Å². The summed E-state index contributed by atoms with van der Waals surface area (Å²) in [5.74, 6) is 0.294. The summed E-state index contributed by atoms with van der Waals surface area (Å²) in [5, 5.41) is 4.87. The van der Waals surface area contributed by atoms with Crippen molar-refractivity contribution >= 4 is 35.3 Å². The fourth-order valence-corrected chi connectivity index (χ4v) is 3.29. The first kappa shape index (κ1) is 23.2. The molecule has 0 saturated heterocycles. The fourth-order valence-electron chi connectivity index (χ4n) is 2.83. The highest BCUT2D eigenvalue weighted by Gasteiger charge is 2.08. The molecule has 0 aliphatic carbocycles. The van der Waals surface area contributed by atoms with E-state index in [-0.39, 0.29) is 5.91 Å². The van der Waals surface area contributed by atoms with Gasteiger partial charge in [-0.25, -0.2) is 5.43 Å². The van der Waals surface area contributed by atoms with E-state index in [4.69, 9.17) is 27.9 Å². The summed E-state index contributed by atoms with van der Waals surface area (Å²) in [7, 11) is 0. The van der Waals surface area contributed by atoms with Crippen LogP contribution < -0.4 is 10.2 Å². The summed E-state index contributed by atoms with van der Waals surface area (Å²) in [4.78, 5) is 12.1. The number of halogens is 2. The highest BCUT2D eigenvalue weighted by molar-refractivity contribution is 6.33. The smallest absolute Gasteiger partial charge is 0.272 e. The first-order valence-electron chi connectivity index (χ1n) is 10.1. The quantitative estimate of drug-likeness (QED) is 0.224. The Morgan fingerprint density at radius 1 is 1.00 bits per heavy atom. The van der Waals surface area contributed by atoms with Gasteiger partial charge in [0.05, 0.1) is 28.4 Å². The summed E-state index contributed by atoms with van der Waals surface area (Å²) < 4.78 is 5.77. The summed E-state index contributed by atoms with van der Waals surface area (Å²) >= 11 is 12.3. The van der Waals surface area contributed by atoms with Gasteiger partial charge in [0.1, 0.15) is 5.75 Å². The molecule has 0 heterocycles. The van der Waals surface area contributed by atoms with E-state index >= 15 is 0 Å². The third-order valence-electron chi connectivity index (χ3n) is 4.46. The minimum Gasteiger partial charge on any atom is -0.492 e. The normalized spacial score (nSPS) is 11.0. The SMILES string of the molecule is CCCCCCCCCOc1ccc(/C=N\NC(=O)c2ccccc2Cl)cc1Cl. The first-order valence-corrected chi connectivity index (χ1v) is 10.9. The number of nitrogens with one attached hydrogen (secondary N) is 1. The van der Waals surface area contributed by atoms with Crippen LogP contribution in [-0.2, 0) is 0 Å². The van der Waals surface area contributed by atoms with Gasteiger partial charge in [-0.15, -0.1) is 0 Å². The number of rotatable bonds is 12. The molecule has 0 radical (unpaired) electrons. The van der Waals surface area contributed by atoms with Crippen molar-refractivity contribution in [2.75, 3.05) is 6.61 Å². The molecule has 2 rings (SSSR count). The number of amides is 1. The summed E-state index contributed by atoms with van der Waals surface area (Å²) in [6, 6.07) is 12.2. The number of hydrogen-bond donors (Lipinski definition) is 1. The van der Waals surface area contributed by atoms with Crippen molar-refractivity contribution in [2.45, 2.75) is 51.9 Å². The van der Waals surface area contributed by atoms with Crippen molar-refractivity contribution in [3.63, 3.8) is 0 Å². The minimum absolute atomic E-state index is 0.368. The van der Waals surface area contributed by atoms with Crippen molar-refractivity contribution in [3.05, 3.63) is 63.6 Å². The number of carbonyl (C=O) groups excluding carboxylic acids is 1. The second-order valence-electron chi connectivity index (χ2n) is 6.84. The Morgan fingerprint density at radius 3 is 2.45 bits per heavy atom. The molecule has 0 saturated carbocycles. The van der Waals surface area contributed by atoms with Gasteiger partial charge in [0.2, 0.25) is 0 Å². The molecule has 2 aromatic carbocycles. The molecule has 0 aromatic heterocycles. The molecule has 2 aromatic rings. The van der Waals surface area contributed by atoms with Gasteiger partial charge in [-0.1, -0.05) is 80.8 Å². The van der Waals surface area contributed by atoms with E-state index < -0.39 is 0 Å². The molecule has 0 atom stereocenters. The number of nitrogens with zero attached hydrogens (tertiary/aromatic N) is 1. The molecule has 0 aliphatic heterocycles. The van der Waals surface area contributed by atoms with Gasteiger partial charge < -0.3 is 4.74 Å². The zero-order chi connectivity index (χ0) is 20.9. The van der Waals surface area contributed by atoms with Crippen LogP contribution in [-0.4, -0.2) is 18.7 Å². The predicted octanol–water partition coefficient (Wildman–Crippen LogP) is 6.89.